The average molecular weight is 357 g/mol. The van der Waals surface area contributed by atoms with Gasteiger partial charge in [0.15, 0.2) is 22.6 Å². The summed E-state index contributed by atoms with van der Waals surface area (Å²) in [7, 11) is 1.51. The Balaban J connectivity index is 2.08. The summed E-state index contributed by atoms with van der Waals surface area (Å²) in [5, 5.41) is 19.4. The van der Waals surface area contributed by atoms with Crippen LogP contribution < -0.4 is 10.2 Å². The van der Waals surface area contributed by atoms with Crippen LogP contribution in [0.5, 0.6) is 11.5 Å². The number of H-pyrrole nitrogens is 1. The van der Waals surface area contributed by atoms with E-state index in [1.54, 1.807) is 18.5 Å². The van der Waals surface area contributed by atoms with E-state index in [0.29, 0.717) is 35.8 Å². The van der Waals surface area contributed by atoms with Crippen LogP contribution in [0.2, 0.25) is 0 Å². The number of nitrogens with zero attached hydrogens (tertiary/aromatic N) is 4. The SMILES string of the molecule is CCN=c1ncn(Cc2ccc(OC)c(O)c2)c2nc(C(C)CO)[nH]c12. The van der Waals surface area contributed by atoms with Crippen molar-refractivity contribution in [1.82, 2.24) is 19.5 Å². The molecule has 8 heteroatoms. The fourth-order valence-corrected chi connectivity index (χ4v) is 2.73. The molecule has 3 aromatic rings. The first kappa shape index (κ1) is 17.9. The fraction of sp³-hybridized carbons (Fsp3) is 0.389. The molecule has 1 aromatic carbocycles. The zero-order valence-corrected chi connectivity index (χ0v) is 15.1. The maximum atomic E-state index is 9.99. The number of hydrogen-bond acceptors (Lipinski definition) is 6. The van der Waals surface area contributed by atoms with E-state index in [9.17, 15) is 10.2 Å². The Morgan fingerprint density at radius 1 is 1.38 bits per heavy atom. The van der Waals surface area contributed by atoms with Gasteiger partial charge in [-0.15, -0.1) is 0 Å². The largest absolute Gasteiger partial charge is 0.504 e. The minimum absolute atomic E-state index is 0.000142. The third kappa shape index (κ3) is 3.41. The van der Waals surface area contributed by atoms with Gasteiger partial charge in [-0.1, -0.05) is 13.0 Å². The summed E-state index contributed by atoms with van der Waals surface area (Å²) >= 11 is 0. The summed E-state index contributed by atoms with van der Waals surface area (Å²) in [5.74, 6) is 1.09. The molecule has 0 radical (unpaired) electrons. The molecule has 0 fully saturated rings. The summed E-state index contributed by atoms with van der Waals surface area (Å²) in [6.07, 6.45) is 1.69. The van der Waals surface area contributed by atoms with Gasteiger partial charge in [0.05, 0.1) is 26.6 Å². The number of imidazole rings is 1. The van der Waals surface area contributed by atoms with Gasteiger partial charge in [-0.3, -0.25) is 4.99 Å². The van der Waals surface area contributed by atoms with Gasteiger partial charge in [0.2, 0.25) is 0 Å². The number of aromatic hydroxyl groups is 1. The molecule has 3 rings (SSSR count). The number of nitrogens with one attached hydrogen (secondary N) is 1. The summed E-state index contributed by atoms with van der Waals surface area (Å²) in [4.78, 5) is 16.7. The van der Waals surface area contributed by atoms with Crippen molar-refractivity contribution in [3.8, 4) is 11.5 Å². The minimum atomic E-state index is -0.115. The molecule has 26 heavy (non-hydrogen) atoms. The lowest BCUT2D eigenvalue weighted by Gasteiger charge is -2.09. The molecule has 1 unspecified atom stereocenters. The number of phenolic OH excluding ortho intramolecular Hbond substituents is 1. The molecular weight excluding hydrogens is 334 g/mol. The molecule has 8 nitrogen and oxygen atoms in total. The lowest BCUT2D eigenvalue weighted by atomic mass is 10.2. The number of phenols is 1. The van der Waals surface area contributed by atoms with Crippen LogP contribution in [0.25, 0.3) is 11.2 Å². The van der Waals surface area contributed by atoms with E-state index < -0.39 is 0 Å². The monoisotopic (exact) mass is 357 g/mol. The highest BCUT2D eigenvalue weighted by molar-refractivity contribution is 5.69. The van der Waals surface area contributed by atoms with E-state index in [-0.39, 0.29) is 18.3 Å². The van der Waals surface area contributed by atoms with Crippen LogP contribution in [-0.2, 0) is 6.54 Å². The van der Waals surface area contributed by atoms with E-state index in [4.69, 9.17) is 4.74 Å². The maximum Gasteiger partial charge on any atom is 0.176 e. The highest BCUT2D eigenvalue weighted by Crippen LogP contribution is 2.26. The summed E-state index contributed by atoms with van der Waals surface area (Å²) < 4.78 is 6.97. The average Bonchev–Trinajstić information content (AvgIpc) is 3.09. The molecule has 0 saturated carbocycles. The third-order valence-corrected chi connectivity index (χ3v) is 4.16. The molecule has 2 aromatic heterocycles. The molecule has 138 valence electrons. The maximum absolute atomic E-state index is 9.99. The van der Waals surface area contributed by atoms with Crippen molar-refractivity contribution < 1.29 is 14.9 Å². The van der Waals surface area contributed by atoms with Gasteiger partial charge in [-0.25, -0.2) is 9.97 Å². The Bertz CT molecular complexity index is 977. The number of aromatic nitrogens is 4. The number of fused-ring (bicyclic) bond motifs is 1. The van der Waals surface area contributed by atoms with Gasteiger partial charge in [0.1, 0.15) is 11.3 Å². The van der Waals surface area contributed by atoms with Crippen LogP contribution in [0.1, 0.15) is 31.2 Å². The fourth-order valence-electron chi connectivity index (χ4n) is 2.73. The number of aromatic amines is 1. The Hall–Kier alpha value is -2.87. The van der Waals surface area contributed by atoms with Gasteiger partial charge < -0.3 is 24.5 Å². The quantitative estimate of drug-likeness (QED) is 0.620. The molecular formula is C18H23N5O3. The summed E-state index contributed by atoms with van der Waals surface area (Å²) in [6.45, 7) is 4.93. The molecule has 0 bridgehead atoms. The van der Waals surface area contributed by atoms with E-state index >= 15 is 0 Å². The second kappa shape index (κ2) is 7.57. The number of methoxy groups -OCH3 is 1. The van der Waals surface area contributed by atoms with Crippen LogP contribution in [0, 0.1) is 0 Å². The number of benzene rings is 1. The number of ether oxygens (including phenoxy) is 1. The number of hydrogen-bond donors (Lipinski definition) is 3. The van der Waals surface area contributed by atoms with E-state index in [1.807, 2.05) is 24.5 Å². The highest BCUT2D eigenvalue weighted by atomic mass is 16.5. The Labute approximate surface area is 150 Å². The standard InChI is InChI=1S/C18H23N5O3/c1-4-19-17-15-18(22-16(21-15)11(2)9-24)23(10-20-17)8-12-5-6-14(26-3)13(25)7-12/h5-7,10-11,24-25H,4,8-9H2,1-3H3,(H,21,22). The van der Waals surface area contributed by atoms with Crippen molar-refractivity contribution in [3.63, 3.8) is 0 Å². The number of aliphatic hydroxyl groups is 1. The molecule has 0 spiro atoms. The first-order valence-electron chi connectivity index (χ1n) is 8.49. The van der Waals surface area contributed by atoms with Gasteiger partial charge in [-0.2, -0.15) is 0 Å². The Morgan fingerprint density at radius 3 is 2.85 bits per heavy atom. The van der Waals surface area contributed by atoms with Crippen LogP contribution in [-0.4, -0.2) is 50.0 Å². The summed E-state index contributed by atoms with van der Waals surface area (Å²) in [6, 6.07) is 5.26. The Morgan fingerprint density at radius 2 is 2.19 bits per heavy atom. The van der Waals surface area contributed by atoms with Crippen LogP contribution in [0.15, 0.2) is 29.5 Å². The van der Waals surface area contributed by atoms with Gasteiger partial charge in [0, 0.05) is 12.5 Å². The third-order valence-electron chi connectivity index (χ3n) is 4.16. The van der Waals surface area contributed by atoms with Gasteiger partial charge in [0.25, 0.3) is 0 Å². The molecule has 2 heterocycles. The molecule has 0 amide bonds. The predicted octanol–water partition coefficient (Wildman–Crippen LogP) is 1.54. The molecule has 0 aliphatic rings. The topological polar surface area (TPSA) is 109 Å². The van der Waals surface area contributed by atoms with Crippen molar-refractivity contribution in [2.24, 2.45) is 4.99 Å². The predicted molar refractivity (Wildman–Crippen MR) is 97.2 cm³/mol. The van der Waals surface area contributed by atoms with Crippen molar-refractivity contribution >= 4 is 11.2 Å². The lowest BCUT2D eigenvalue weighted by Crippen LogP contribution is -2.15. The molecule has 0 saturated heterocycles. The zero-order chi connectivity index (χ0) is 18.7. The zero-order valence-electron chi connectivity index (χ0n) is 15.1. The van der Waals surface area contributed by atoms with Gasteiger partial charge in [-0.05, 0) is 24.6 Å². The molecule has 0 aliphatic carbocycles. The smallest absolute Gasteiger partial charge is 0.176 e. The van der Waals surface area contributed by atoms with Crippen LogP contribution in [0.4, 0.5) is 0 Å². The summed E-state index contributed by atoms with van der Waals surface area (Å²) in [5.41, 5.74) is 2.93. The van der Waals surface area contributed by atoms with Crippen molar-refractivity contribution in [2.75, 3.05) is 20.3 Å². The van der Waals surface area contributed by atoms with E-state index in [0.717, 1.165) is 11.1 Å². The second-order valence-electron chi connectivity index (χ2n) is 6.08. The first-order valence-corrected chi connectivity index (χ1v) is 8.49. The van der Waals surface area contributed by atoms with E-state index in [1.165, 1.54) is 7.11 Å². The van der Waals surface area contributed by atoms with Crippen LogP contribution >= 0.6 is 0 Å². The van der Waals surface area contributed by atoms with Crippen molar-refractivity contribution in [2.45, 2.75) is 26.3 Å². The Kier molecular flexibility index (Phi) is 5.22. The normalized spacial score (nSPS) is 13.3. The van der Waals surface area contributed by atoms with Crippen molar-refractivity contribution in [3.05, 3.63) is 41.4 Å². The highest BCUT2D eigenvalue weighted by Gasteiger charge is 2.14. The molecule has 3 N–H and O–H groups in total. The van der Waals surface area contributed by atoms with Gasteiger partial charge >= 0.3 is 0 Å². The lowest BCUT2D eigenvalue weighted by molar-refractivity contribution is 0.269. The molecule has 1 atom stereocenters. The number of aliphatic hydroxyl groups excluding tert-OH is 1. The second-order valence-corrected chi connectivity index (χ2v) is 6.08. The van der Waals surface area contributed by atoms with Crippen LogP contribution in [0.3, 0.4) is 0 Å². The minimum Gasteiger partial charge on any atom is -0.504 e. The van der Waals surface area contributed by atoms with Crippen molar-refractivity contribution in [1.29, 1.82) is 0 Å². The van der Waals surface area contributed by atoms with E-state index in [2.05, 4.69) is 19.9 Å². The number of rotatable bonds is 6. The first-order chi connectivity index (χ1) is 12.6. The molecule has 0 aliphatic heterocycles.